The number of thiophene rings is 1. The third-order valence-electron chi connectivity index (χ3n) is 3.97. The molecule has 124 valence electrons. The smallest absolute Gasteiger partial charge is 0.244 e. The Labute approximate surface area is 140 Å². The number of rotatable bonds is 3. The van der Waals surface area contributed by atoms with Gasteiger partial charge in [-0.2, -0.15) is 4.31 Å². The third-order valence-corrected chi connectivity index (χ3v) is 7.09. The van der Waals surface area contributed by atoms with Crippen molar-refractivity contribution in [3.05, 3.63) is 33.9 Å². The number of piperazine rings is 1. The standard InChI is InChI=1S/C15H20N4O2S2/c1-11-8-15(17-10-16-11)18-4-6-19(7-5-18)23(20,21)14-9-12(2)22-13(14)3/h8-10H,4-7H2,1-3H3. The first-order valence-electron chi connectivity index (χ1n) is 7.49. The van der Waals surface area contributed by atoms with Crippen LogP contribution in [-0.4, -0.2) is 48.9 Å². The Bertz CT molecular complexity index is 809. The fourth-order valence-corrected chi connectivity index (χ4v) is 5.72. The summed E-state index contributed by atoms with van der Waals surface area (Å²) >= 11 is 1.53. The van der Waals surface area contributed by atoms with Gasteiger partial charge >= 0.3 is 0 Å². The van der Waals surface area contributed by atoms with E-state index in [1.165, 1.54) is 11.3 Å². The van der Waals surface area contributed by atoms with Crippen LogP contribution in [0.25, 0.3) is 0 Å². The second-order valence-corrected chi connectivity index (χ2v) is 9.05. The van der Waals surface area contributed by atoms with E-state index in [1.54, 1.807) is 16.7 Å². The average Bonchev–Trinajstić information content (AvgIpc) is 2.87. The highest BCUT2D eigenvalue weighted by molar-refractivity contribution is 7.89. The molecule has 0 spiro atoms. The van der Waals surface area contributed by atoms with Gasteiger partial charge in [0, 0.05) is 47.7 Å². The normalized spacial score (nSPS) is 16.7. The molecule has 0 bridgehead atoms. The van der Waals surface area contributed by atoms with Crippen molar-refractivity contribution in [2.75, 3.05) is 31.1 Å². The van der Waals surface area contributed by atoms with Gasteiger partial charge in [-0.05, 0) is 26.8 Å². The van der Waals surface area contributed by atoms with Crippen molar-refractivity contribution >= 4 is 27.2 Å². The Balaban J connectivity index is 1.75. The molecule has 3 rings (SSSR count). The Hall–Kier alpha value is -1.51. The van der Waals surface area contributed by atoms with Gasteiger partial charge in [0.1, 0.15) is 12.1 Å². The van der Waals surface area contributed by atoms with Crippen LogP contribution >= 0.6 is 11.3 Å². The average molecular weight is 352 g/mol. The molecule has 2 aromatic heterocycles. The van der Waals surface area contributed by atoms with Crippen LogP contribution in [0.4, 0.5) is 5.82 Å². The molecule has 0 saturated carbocycles. The van der Waals surface area contributed by atoms with Gasteiger partial charge < -0.3 is 4.90 Å². The lowest BCUT2D eigenvalue weighted by Crippen LogP contribution is -2.49. The zero-order valence-electron chi connectivity index (χ0n) is 13.5. The second-order valence-electron chi connectivity index (χ2n) is 5.69. The van der Waals surface area contributed by atoms with Gasteiger partial charge in [-0.15, -0.1) is 11.3 Å². The highest BCUT2D eigenvalue weighted by Crippen LogP contribution is 2.28. The first-order chi connectivity index (χ1) is 10.9. The van der Waals surface area contributed by atoms with Crippen LogP contribution in [0.3, 0.4) is 0 Å². The molecule has 8 heteroatoms. The number of anilines is 1. The van der Waals surface area contributed by atoms with Crippen molar-refractivity contribution < 1.29 is 8.42 Å². The molecule has 0 aliphatic carbocycles. The minimum atomic E-state index is -3.40. The predicted molar refractivity (Wildman–Crippen MR) is 91.5 cm³/mol. The van der Waals surface area contributed by atoms with Gasteiger partial charge in [-0.25, -0.2) is 18.4 Å². The number of aryl methyl sites for hydroxylation is 3. The van der Waals surface area contributed by atoms with Crippen LogP contribution < -0.4 is 4.90 Å². The summed E-state index contributed by atoms with van der Waals surface area (Å²) in [6, 6.07) is 3.70. The molecule has 3 heterocycles. The van der Waals surface area contributed by atoms with Gasteiger partial charge in [0.2, 0.25) is 10.0 Å². The van der Waals surface area contributed by atoms with Crippen molar-refractivity contribution in [3.63, 3.8) is 0 Å². The highest BCUT2D eigenvalue weighted by Gasteiger charge is 2.30. The molecule has 1 saturated heterocycles. The topological polar surface area (TPSA) is 66.4 Å². The molecule has 23 heavy (non-hydrogen) atoms. The zero-order valence-corrected chi connectivity index (χ0v) is 15.1. The fraction of sp³-hybridized carbons (Fsp3) is 0.467. The molecule has 0 N–H and O–H groups in total. The van der Waals surface area contributed by atoms with E-state index in [1.807, 2.05) is 26.8 Å². The van der Waals surface area contributed by atoms with Crippen LogP contribution in [0.5, 0.6) is 0 Å². The first-order valence-corrected chi connectivity index (χ1v) is 9.74. The molecule has 1 aliphatic rings. The largest absolute Gasteiger partial charge is 0.354 e. The lowest BCUT2D eigenvalue weighted by atomic mass is 10.3. The summed E-state index contributed by atoms with van der Waals surface area (Å²) in [5.74, 6) is 0.858. The van der Waals surface area contributed by atoms with Crippen molar-refractivity contribution in [1.82, 2.24) is 14.3 Å². The van der Waals surface area contributed by atoms with Gasteiger partial charge in [0.05, 0.1) is 4.90 Å². The van der Waals surface area contributed by atoms with Crippen LogP contribution in [0.15, 0.2) is 23.4 Å². The van der Waals surface area contributed by atoms with Crippen molar-refractivity contribution in [2.24, 2.45) is 0 Å². The number of hydrogen-bond donors (Lipinski definition) is 0. The van der Waals surface area contributed by atoms with Crippen LogP contribution in [-0.2, 0) is 10.0 Å². The summed E-state index contributed by atoms with van der Waals surface area (Å²) in [6.07, 6.45) is 1.55. The highest BCUT2D eigenvalue weighted by atomic mass is 32.2. The number of hydrogen-bond acceptors (Lipinski definition) is 6. The SMILES string of the molecule is Cc1cc(N2CCN(S(=O)(=O)c3cc(C)sc3C)CC2)ncn1. The van der Waals surface area contributed by atoms with Gasteiger partial charge in [-0.3, -0.25) is 0 Å². The Morgan fingerprint density at radius 2 is 1.74 bits per heavy atom. The van der Waals surface area contributed by atoms with Crippen molar-refractivity contribution in [1.29, 1.82) is 0 Å². The molecule has 0 aromatic carbocycles. The maximum atomic E-state index is 12.8. The van der Waals surface area contributed by atoms with E-state index in [0.29, 0.717) is 31.1 Å². The Morgan fingerprint density at radius 1 is 1.04 bits per heavy atom. The van der Waals surface area contributed by atoms with Gasteiger partial charge in [0.25, 0.3) is 0 Å². The lowest BCUT2D eigenvalue weighted by Gasteiger charge is -2.34. The number of sulfonamides is 1. The summed E-state index contributed by atoms with van der Waals surface area (Å²) in [7, 11) is -3.40. The molecule has 0 amide bonds. The molecule has 0 radical (unpaired) electrons. The van der Waals surface area contributed by atoms with E-state index in [0.717, 1.165) is 21.3 Å². The minimum Gasteiger partial charge on any atom is -0.354 e. The summed E-state index contributed by atoms with van der Waals surface area (Å²) in [6.45, 7) is 7.94. The summed E-state index contributed by atoms with van der Waals surface area (Å²) in [4.78, 5) is 12.8. The van der Waals surface area contributed by atoms with E-state index in [-0.39, 0.29) is 0 Å². The molecule has 0 atom stereocenters. The molecule has 1 aliphatic heterocycles. The van der Waals surface area contributed by atoms with Crippen LogP contribution in [0.2, 0.25) is 0 Å². The number of aromatic nitrogens is 2. The lowest BCUT2D eigenvalue weighted by molar-refractivity contribution is 0.383. The summed E-state index contributed by atoms with van der Waals surface area (Å²) < 4.78 is 27.2. The van der Waals surface area contributed by atoms with E-state index < -0.39 is 10.0 Å². The van der Waals surface area contributed by atoms with Crippen LogP contribution in [0.1, 0.15) is 15.4 Å². The second kappa shape index (κ2) is 6.18. The minimum absolute atomic E-state index is 0.450. The van der Waals surface area contributed by atoms with E-state index in [9.17, 15) is 8.42 Å². The third kappa shape index (κ3) is 3.24. The van der Waals surface area contributed by atoms with Gasteiger partial charge in [0.15, 0.2) is 0 Å². The van der Waals surface area contributed by atoms with E-state index in [2.05, 4.69) is 14.9 Å². The van der Waals surface area contributed by atoms with Crippen LogP contribution in [0, 0.1) is 20.8 Å². The predicted octanol–water partition coefficient (Wildman–Crippen LogP) is 1.97. The molecule has 2 aromatic rings. The van der Waals surface area contributed by atoms with Crippen molar-refractivity contribution in [2.45, 2.75) is 25.7 Å². The zero-order chi connectivity index (χ0) is 16.6. The molecule has 0 unspecified atom stereocenters. The molecular weight excluding hydrogens is 332 g/mol. The fourth-order valence-electron chi connectivity index (χ4n) is 2.77. The first kappa shape index (κ1) is 16.4. The monoisotopic (exact) mass is 352 g/mol. The summed E-state index contributed by atoms with van der Waals surface area (Å²) in [5, 5.41) is 0. The molecular formula is C15H20N4O2S2. The van der Waals surface area contributed by atoms with E-state index in [4.69, 9.17) is 0 Å². The maximum Gasteiger partial charge on any atom is 0.244 e. The number of nitrogens with zero attached hydrogens (tertiary/aromatic N) is 4. The van der Waals surface area contributed by atoms with Gasteiger partial charge in [-0.1, -0.05) is 0 Å². The maximum absolute atomic E-state index is 12.8. The Morgan fingerprint density at radius 3 is 2.30 bits per heavy atom. The van der Waals surface area contributed by atoms with E-state index >= 15 is 0 Å². The molecule has 6 nitrogen and oxygen atoms in total. The molecule has 1 fully saturated rings. The quantitative estimate of drug-likeness (QED) is 0.845. The van der Waals surface area contributed by atoms with Crippen molar-refractivity contribution in [3.8, 4) is 0 Å². The summed E-state index contributed by atoms with van der Waals surface area (Å²) in [5.41, 5.74) is 0.912. The Kier molecular flexibility index (Phi) is 4.39.